The molecule has 0 unspecified atom stereocenters. The van der Waals surface area contributed by atoms with Crippen molar-refractivity contribution in [3.8, 4) is 0 Å². The SMILES string of the molecule is Cc1cc([C@@](C)(CC2CC2)NC(=O)c2ccc(C3CC3)c(N3CCC(F)(F)C3)c2)n[nH]1. The first-order valence-electron chi connectivity index (χ1n) is 11.3. The molecule has 2 heterocycles. The van der Waals surface area contributed by atoms with E-state index in [1.54, 1.807) is 4.90 Å². The number of alkyl halides is 2. The maximum absolute atomic E-state index is 13.9. The van der Waals surface area contributed by atoms with Crippen LogP contribution in [0.4, 0.5) is 14.5 Å². The molecule has 5 nitrogen and oxygen atoms in total. The lowest BCUT2D eigenvalue weighted by atomic mass is 9.90. The molecular formula is C24H30F2N4O. The van der Waals surface area contributed by atoms with Crippen LogP contribution in [0.1, 0.15) is 78.7 Å². The zero-order chi connectivity index (χ0) is 21.8. The molecule has 7 heteroatoms. The Morgan fingerprint density at radius 2 is 2.06 bits per heavy atom. The minimum absolute atomic E-state index is 0.133. The van der Waals surface area contributed by atoms with Gasteiger partial charge in [0.2, 0.25) is 0 Å². The monoisotopic (exact) mass is 428 g/mol. The number of amides is 1. The van der Waals surface area contributed by atoms with E-state index >= 15 is 0 Å². The van der Waals surface area contributed by atoms with Gasteiger partial charge in [0.15, 0.2) is 0 Å². The van der Waals surface area contributed by atoms with Crippen LogP contribution in [0.2, 0.25) is 0 Å². The fraction of sp³-hybridized carbons (Fsp3) is 0.583. The summed E-state index contributed by atoms with van der Waals surface area (Å²) in [5.41, 5.74) is 3.63. The number of hydrogen-bond acceptors (Lipinski definition) is 3. The first kappa shape index (κ1) is 20.5. The van der Waals surface area contributed by atoms with E-state index in [1.165, 1.54) is 12.8 Å². The van der Waals surface area contributed by atoms with Crippen molar-refractivity contribution in [1.82, 2.24) is 15.5 Å². The topological polar surface area (TPSA) is 61.0 Å². The molecule has 0 radical (unpaired) electrons. The van der Waals surface area contributed by atoms with Gasteiger partial charge in [-0.25, -0.2) is 8.78 Å². The molecule has 2 saturated carbocycles. The Hall–Kier alpha value is -2.44. The third-order valence-corrected chi connectivity index (χ3v) is 6.87. The number of hydrogen-bond donors (Lipinski definition) is 2. The Bertz CT molecular complexity index is 995. The van der Waals surface area contributed by atoms with Gasteiger partial charge < -0.3 is 10.2 Å². The van der Waals surface area contributed by atoms with Crippen molar-refractivity contribution >= 4 is 11.6 Å². The molecule has 1 aromatic carbocycles. The van der Waals surface area contributed by atoms with Crippen molar-refractivity contribution < 1.29 is 13.6 Å². The minimum Gasteiger partial charge on any atom is -0.365 e. The molecule has 5 rings (SSSR count). The maximum Gasteiger partial charge on any atom is 0.266 e. The molecule has 3 fully saturated rings. The molecule has 1 aliphatic heterocycles. The summed E-state index contributed by atoms with van der Waals surface area (Å²) < 4.78 is 27.8. The second-order valence-electron chi connectivity index (χ2n) is 9.95. The third kappa shape index (κ3) is 4.32. The van der Waals surface area contributed by atoms with Gasteiger partial charge in [-0.3, -0.25) is 9.89 Å². The van der Waals surface area contributed by atoms with Crippen molar-refractivity contribution in [2.75, 3.05) is 18.0 Å². The van der Waals surface area contributed by atoms with Crippen molar-refractivity contribution in [3.63, 3.8) is 0 Å². The molecule has 1 atom stereocenters. The van der Waals surface area contributed by atoms with Crippen LogP contribution in [0.25, 0.3) is 0 Å². The second-order valence-corrected chi connectivity index (χ2v) is 9.95. The van der Waals surface area contributed by atoms with Crippen LogP contribution in [0.5, 0.6) is 0 Å². The summed E-state index contributed by atoms with van der Waals surface area (Å²) in [4.78, 5) is 15.1. The summed E-state index contributed by atoms with van der Waals surface area (Å²) in [6.45, 7) is 4.03. The van der Waals surface area contributed by atoms with E-state index in [1.807, 2.05) is 38.1 Å². The number of aromatic amines is 1. The number of halogens is 2. The molecule has 2 aliphatic carbocycles. The highest BCUT2D eigenvalue weighted by Gasteiger charge is 2.41. The summed E-state index contributed by atoms with van der Waals surface area (Å²) in [6.07, 6.45) is 5.23. The Labute approximate surface area is 181 Å². The van der Waals surface area contributed by atoms with Gasteiger partial charge in [-0.05, 0) is 68.7 Å². The quantitative estimate of drug-likeness (QED) is 0.660. The summed E-state index contributed by atoms with van der Waals surface area (Å²) >= 11 is 0. The number of nitrogens with one attached hydrogen (secondary N) is 2. The molecule has 0 spiro atoms. The van der Waals surface area contributed by atoms with E-state index < -0.39 is 11.5 Å². The number of H-pyrrole nitrogens is 1. The summed E-state index contributed by atoms with van der Waals surface area (Å²) in [6, 6.07) is 7.61. The largest absolute Gasteiger partial charge is 0.365 e. The summed E-state index contributed by atoms with van der Waals surface area (Å²) in [5.74, 6) is -1.83. The fourth-order valence-electron chi connectivity index (χ4n) is 4.78. The molecule has 1 amide bonds. The van der Waals surface area contributed by atoms with Gasteiger partial charge in [-0.15, -0.1) is 0 Å². The normalized spacial score (nSPS) is 22.4. The van der Waals surface area contributed by atoms with Crippen LogP contribution in [-0.4, -0.2) is 35.1 Å². The van der Waals surface area contributed by atoms with Gasteiger partial charge in [-0.1, -0.05) is 18.9 Å². The van der Waals surface area contributed by atoms with Crippen LogP contribution in [0, 0.1) is 12.8 Å². The lowest BCUT2D eigenvalue weighted by molar-refractivity contribution is 0.0257. The molecule has 166 valence electrons. The van der Waals surface area contributed by atoms with Crippen molar-refractivity contribution in [2.24, 2.45) is 5.92 Å². The number of aromatic nitrogens is 2. The molecule has 31 heavy (non-hydrogen) atoms. The molecule has 3 aliphatic rings. The fourth-order valence-corrected chi connectivity index (χ4v) is 4.78. The van der Waals surface area contributed by atoms with Crippen LogP contribution >= 0.6 is 0 Å². The smallest absolute Gasteiger partial charge is 0.266 e. The van der Waals surface area contributed by atoms with E-state index in [-0.39, 0.29) is 18.9 Å². The number of carbonyl (C=O) groups is 1. The molecular weight excluding hydrogens is 398 g/mol. The standard InChI is InChI=1S/C24H30F2N4O/c1-15-11-21(29-28-15)23(2,13-16-3-4-16)27-22(31)18-7-8-19(17-5-6-17)20(12-18)30-10-9-24(25,26)14-30/h7-8,11-12,16-17H,3-6,9-10,13-14H2,1-2H3,(H,27,31)(H,28,29)/t23-/m1/s1. The Balaban J connectivity index is 1.42. The number of benzene rings is 1. The zero-order valence-corrected chi connectivity index (χ0v) is 18.2. The summed E-state index contributed by atoms with van der Waals surface area (Å²) in [7, 11) is 0. The first-order valence-corrected chi connectivity index (χ1v) is 11.3. The van der Waals surface area contributed by atoms with Gasteiger partial charge in [0, 0.05) is 29.9 Å². The van der Waals surface area contributed by atoms with Crippen LogP contribution in [0.3, 0.4) is 0 Å². The zero-order valence-electron chi connectivity index (χ0n) is 18.2. The van der Waals surface area contributed by atoms with Gasteiger partial charge in [-0.2, -0.15) is 5.10 Å². The van der Waals surface area contributed by atoms with E-state index in [2.05, 4.69) is 15.5 Å². The van der Waals surface area contributed by atoms with E-state index in [0.29, 0.717) is 23.9 Å². The highest BCUT2D eigenvalue weighted by molar-refractivity contribution is 5.96. The number of aryl methyl sites for hydroxylation is 1. The van der Waals surface area contributed by atoms with Crippen molar-refractivity contribution in [1.29, 1.82) is 0 Å². The lowest BCUT2D eigenvalue weighted by Crippen LogP contribution is -2.44. The number of nitrogens with zero attached hydrogens (tertiary/aromatic N) is 2. The summed E-state index contributed by atoms with van der Waals surface area (Å²) in [5, 5.41) is 10.6. The predicted octanol–water partition coefficient (Wildman–Crippen LogP) is 4.89. The van der Waals surface area contributed by atoms with Gasteiger partial charge in [0.1, 0.15) is 0 Å². The van der Waals surface area contributed by atoms with Gasteiger partial charge >= 0.3 is 0 Å². The van der Waals surface area contributed by atoms with Crippen LogP contribution < -0.4 is 10.2 Å². The Morgan fingerprint density at radius 1 is 1.29 bits per heavy atom. The molecule has 0 bridgehead atoms. The average Bonchev–Trinajstić information content (AvgIpc) is 3.64. The van der Waals surface area contributed by atoms with Gasteiger partial charge in [0.05, 0.1) is 17.8 Å². The lowest BCUT2D eigenvalue weighted by Gasteiger charge is -2.30. The molecule has 1 aromatic heterocycles. The second kappa shape index (κ2) is 7.31. The minimum atomic E-state index is -2.67. The maximum atomic E-state index is 13.9. The Kier molecular flexibility index (Phi) is 4.83. The number of rotatable bonds is 7. The average molecular weight is 429 g/mol. The van der Waals surface area contributed by atoms with E-state index in [4.69, 9.17) is 0 Å². The Morgan fingerprint density at radius 3 is 2.65 bits per heavy atom. The van der Waals surface area contributed by atoms with Crippen molar-refractivity contribution in [3.05, 3.63) is 46.8 Å². The third-order valence-electron chi connectivity index (χ3n) is 6.87. The highest BCUT2D eigenvalue weighted by atomic mass is 19.3. The van der Waals surface area contributed by atoms with E-state index in [0.717, 1.165) is 41.9 Å². The van der Waals surface area contributed by atoms with Crippen LogP contribution in [-0.2, 0) is 5.54 Å². The van der Waals surface area contributed by atoms with Crippen LogP contribution in [0.15, 0.2) is 24.3 Å². The first-order chi connectivity index (χ1) is 14.7. The molecule has 2 aromatic rings. The highest BCUT2D eigenvalue weighted by Crippen LogP contribution is 2.46. The van der Waals surface area contributed by atoms with E-state index in [9.17, 15) is 13.6 Å². The van der Waals surface area contributed by atoms with Crippen molar-refractivity contribution in [2.45, 2.75) is 69.8 Å². The number of carbonyl (C=O) groups excluding carboxylic acids is 1. The molecule has 2 N–H and O–H groups in total. The van der Waals surface area contributed by atoms with Gasteiger partial charge in [0.25, 0.3) is 11.8 Å². The predicted molar refractivity (Wildman–Crippen MR) is 116 cm³/mol. The number of anilines is 1. The molecule has 1 saturated heterocycles.